The first-order valence-electron chi connectivity index (χ1n) is 18.4. The van der Waals surface area contributed by atoms with Crippen LogP contribution in [0.15, 0.2) is 42.5 Å². The fourth-order valence-corrected chi connectivity index (χ4v) is 10.8. The van der Waals surface area contributed by atoms with Gasteiger partial charge < -0.3 is 9.47 Å². The zero-order valence-corrected chi connectivity index (χ0v) is 29.6. The van der Waals surface area contributed by atoms with Crippen molar-refractivity contribution in [2.75, 3.05) is 18.1 Å². The van der Waals surface area contributed by atoms with E-state index < -0.39 is 40.5 Å². The summed E-state index contributed by atoms with van der Waals surface area (Å²) in [5.41, 5.74) is 3.65. The number of hydrogen-bond acceptors (Lipinski definition) is 5. The van der Waals surface area contributed by atoms with Crippen LogP contribution in [-0.4, -0.2) is 50.5 Å². The highest BCUT2D eigenvalue weighted by Gasteiger charge is 2.58. The van der Waals surface area contributed by atoms with Gasteiger partial charge in [-0.15, -0.1) is 0 Å². The summed E-state index contributed by atoms with van der Waals surface area (Å²) in [6, 6.07) is 14.8. The molecule has 0 N–H and O–H groups in total. The molecule has 6 rings (SSSR count). The summed E-state index contributed by atoms with van der Waals surface area (Å²) < 4.78 is 99.6. The van der Waals surface area contributed by atoms with Crippen LogP contribution in [0.3, 0.4) is 0 Å². The van der Waals surface area contributed by atoms with E-state index in [1.807, 2.05) is 12.1 Å². The van der Waals surface area contributed by atoms with Crippen molar-refractivity contribution in [1.82, 2.24) is 0 Å². The lowest BCUT2D eigenvalue weighted by atomic mass is 9.51. The third-order valence-electron chi connectivity index (χ3n) is 12.1. The molecule has 0 unspecified atom stereocenters. The molecule has 4 aliphatic rings. The Balaban J connectivity index is 1.04. The maximum absolute atomic E-state index is 13.3. The minimum Gasteiger partial charge on any atom is -0.494 e. The topological polar surface area (TPSA) is 69.7 Å². The van der Waals surface area contributed by atoms with E-state index in [1.165, 1.54) is 29.5 Å². The number of carbonyl (C=O) groups excluding carboxylic acids is 1. The van der Waals surface area contributed by atoms with Crippen molar-refractivity contribution in [1.29, 1.82) is 0 Å². The van der Waals surface area contributed by atoms with E-state index in [0.29, 0.717) is 61.3 Å². The van der Waals surface area contributed by atoms with Gasteiger partial charge in [-0.3, -0.25) is 4.79 Å². The molecule has 2 aromatic rings. The lowest BCUT2D eigenvalue weighted by molar-refractivity contribution is -0.284. The number of aryl methyl sites for hydroxylation is 1. The second kappa shape index (κ2) is 14.7. The van der Waals surface area contributed by atoms with Gasteiger partial charge in [-0.05, 0) is 142 Å². The van der Waals surface area contributed by atoms with Gasteiger partial charge in [-0.25, -0.2) is 8.42 Å². The fourth-order valence-electron chi connectivity index (χ4n) is 9.41. The van der Waals surface area contributed by atoms with E-state index in [2.05, 4.69) is 37.3 Å². The van der Waals surface area contributed by atoms with Gasteiger partial charge >= 0.3 is 12.1 Å². The highest BCUT2D eigenvalue weighted by molar-refractivity contribution is 7.91. The zero-order chi connectivity index (χ0) is 35.7. The van der Waals surface area contributed by atoms with Crippen LogP contribution in [0.1, 0.15) is 119 Å². The Morgan fingerprint density at radius 3 is 2.26 bits per heavy atom. The first-order valence-corrected chi connectivity index (χ1v) is 20.2. The maximum Gasteiger partial charge on any atom is 0.453 e. The summed E-state index contributed by atoms with van der Waals surface area (Å²) in [4.78, 5) is 13.3. The largest absolute Gasteiger partial charge is 0.494 e. The molecule has 0 bridgehead atoms. The number of Topliss-reactive ketones (excluding diaryl/α,β-unsaturated/α-hetero) is 1. The summed E-state index contributed by atoms with van der Waals surface area (Å²) in [6.45, 7) is 2.55. The van der Waals surface area contributed by atoms with Crippen molar-refractivity contribution < 1.29 is 44.6 Å². The lowest BCUT2D eigenvalue weighted by Crippen LogP contribution is -2.46. The third kappa shape index (κ3) is 8.02. The van der Waals surface area contributed by atoms with Crippen LogP contribution in [0, 0.1) is 17.3 Å². The number of benzene rings is 2. The Morgan fingerprint density at radius 2 is 1.54 bits per heavy atom. The highest BCUT2D eigenvalue weighted by Crippen LogP contribution is 2.64. The molecule has 0 radical (unpaired) electrons. The van der Waals surface area contributed by atoms with Crippen molar-refractivity contribution in [3.63, 3.8) is 0 Å². The SMILES string of the molecule is C[C@]12C[C@H](c3ccc(OCCCCCS(=O)(=O)CCCC(F)(F)C(F)(F)F)cc3)[C@@H]3c4ccc(OC5CCCC5)cc4CC[C@H]3[C@@H]1CCC2=O. The zero-order valence-electron chi connectivity index (χ0n) is 28.8. The number of halogens is 5. The molecule has 3 saturated carbocycles. The molecule has 0 amide bonds. The molecular formula is C39H49F5O5S. The van der Waals surface area contributed by atoms with Crippen molar-refractivity contribution >= 4 is 15.6 Å². The third-order valence-corrected chi connectivity index (χ3v) is 13.9. The summed E-state index contributed by atoms with van der Waals surface area (Å²) in [5, 5.41) is 0. The molecule has 2 aromatic carbocycles. The molecule has 276 valence electrons. The summed E-state index contributed by atoms with van der Waals surface area (Å²) in [6.07, 6.45) is 2.96. The van der Waals surface area contributed by atoms with E-state index in [4.69, 9.17) is 9.47 Å². The van der Waals surface area contributed by atoms with Crippen LogP contribution >= 0.6 is 0 Å². The standard InChI is InChI=1S/C39H49F5O5S/c1-37-25-33(26-10-13-28(14-11-26)48-21-5-2-6-22-50(46,47)23-7-20-38(40,41)39(42,43)44)36-31-17-15-30(49-29-8-3-4-9-29)24-27(31)12-16-32(36)34(37)18-19-35(37)45/h10-11,13-15,17,24,29,32-34,36H,2-9,12,16,18-23,25H2,1H3/t32-,33+,34-,36+,37-/m0/s1. The van der Waals surface area contributed by atoms with Gasteiger partial charge in [0.15, 0.2) is 0 Å². The monoisotopic (exact) mass is 724 g/mol. The van der Waals surface area contributed by atoms with Gasteiger partial charge in [0, 0.05) is 18.3 Å². The number of sulfone groups is 1. The molecule has 0 saturated heterocycles. The number of unbranched alkanes of at least 4 members (excludes halogenated alkanes) is 2. The molecule has 3 fully saturated rings. The van der Waals surface area contributed by atoms with Gasteiger partial charge in [-0.1, -0.05) is 25.1 Å². The average Bonchev–Trinajstić information content (AvgIpc) is 3.68. The number of hydrogen-bond donors (Lipinski definition) is 0. The van der Waals surface area contributed by atoms with Crippen molar-refractivity contribution in [3.05, 3.63) is 59.2 Å². The van der Waals surface area contributed by atoms with Gasteiger partial charge in [0.2, 0.25) is 0 Å². The normalized spacial score (nSPS) is 27.1. The lowest BCUT2D eigenvalue weighted by Gasteiger charge is -2.52. The Bertz CT molecular complexity index is 1600. The second-order valence-corrected chi connectivity index (χ2v) is 17.6. The Hall–Kier alpha value is -2.69. The number of alkyl halides is 5. The van der Waals surface area contributed by atoms with Crippen LogP contribution in [0.5, 0.6) is 11.5 Å². The minimum absolute atomic E-state index is 0.194. The van der Waals surface area contributed by atoms with Gasteiger partial charge in [-0.2, -0.15) is 22.0 Å². The number of ether oxygens (including phenoxy) is 2. The molecule has 5 atom stereocenters. The van der Waals surface area contributed by atoms with E-state index in [0.717, 1.165) is 44.3 Å². The molecule has 11 heteroatoms. The molecule has 4 aliphatic carbocycles. The van der Waals surface area contributed by atoms with E-state index >= 15 is 0 Å². The van der Waals surface area contributed by atoms with Crippen LogP contribution < -0.4 is 9.47 Å². The summed E-state index contributed by atoms with van der Waals surface area (Å²) >= 11 is 0. The molecular weight excluding hydrogens is 675 g/mol. The maximum atomic E-state index is 13.3. The predicted molar refractivity (Wildman–Crippen MR) is 182 cm³/mol. The molecule has 5 nitrogen and oxygen atoms in total. The van der Waals surface area contributed by atoms with Crippen LogP contribution in [0.4, 0.5) is 22.0 Å². The van der Waals surface area contributed by atoms with Crippen LogP contribution in [0.25, 0.3) is 0 Å². The van der Waals surface area contributed by atoms with Gasteiger partial charge in [0.05, 0.1) is 24.2 Å². The minimum atomic E-state index is -5.68. The molecule has 0 aromatic heterocycles. The molecule has 0 spiro atoms. The molecule has 50 heavy (non-hydrogen) atoms. The van der Waals surface area contributed by atoms with E-state index in [1.54, 1.807) is 0 Å². The number of carbonyl (C=O) groups is 1. The molecule has 0 heterocycles. The Kier molecular flexibility index (Phi) is 10.9. The average molecular weight is 725 g/mol. The summed E-state index contributed by atoms with van der Waals surface area (Å²) in [5.74, 6) is -2.42. The summed E-state index contributed by atoms with van der Waals surface area (Å²) in [7, 11) is -3.72. The number of ketones is 1. The Morgan fingerprint density at radius 1 is 0.840 bits per heavy atom. The first-order chi connectivity index (χ1) is 23.7. The van der Waals surface area contributed by atoms with Gasteiger partial charge in [0.1, 0.15) is 27.1 Å². The predicted octanol–water partition coefficient (Wildman–Crippen LogP) is 9.77. The smallest absolute Gasteiger partial charge is 0.453 e. The van der Waals surface area contributed by atoms with Crippen LogP contribution in [0.2, 0.25) is 0 Å². The van der Waals surface area contributed by atoms with Gasteiger partial charge in [0.25, 0.3) is 0 Å². The highest BCUT2D eigenvalue weighted by atomic mass is 32.2. The quantitative estimate of drug-likeness (QED) is 0.143. The van der Waals surface area contributed by atoms with E-state index in [9.17, 15) is 35.2 Å². The number of fused-ring (bicyclic) bond motifs is 5. The van der Waals surface area contributed by atoms with Crippen molar-refractivity contribution in [2.45, 2.75) is 127 Å². The fraction of sp³-hybridized carbons (Fsp3) is 0.667. The number of rotatable bonds is 14. The first kappa shape index (κ1) is 37.1. The van der Waals surface area contributed by atoms with Crippen LogP contribution in [-0.2, 0) is 21.1 Å². The second-order valence-electron chi connectivity index (χ2n) is 15.3. The molecule has 0 aliphatic heterocycles. The Labute approximate surface area is 292 Å². The van der Waals surface area contributed by atoms with Crippen molar-refractivity contribution in [3.8, 4) is 11.5 Å². The van der Waals surface area contributed by atoms with E-state index in [-0.39, 0.29) is 23.5 Å². The van der Waals surface area contributed by atoms with Crippen molar-refractivity contribution in [2.24, 2.45) is 17.3 Å².